The standard InChI is InChI=1S/C10H23NSi/c1-6-8-9-12(5,7-2)10-11(3)4/h6,8H,7,9-10H2,1-5H3/b8-6+. The Hall–Kier alpha value is -0.0831. The third kappa shape index (κ3) is 4.73. The van der Waals surface area contributed by atoms with Gasteiger partial charge in [0, 0.05) is 0 Å². The fourth-order valence-corrected chi connectivity index (χ4v) is 4.46. The molecule has 0 N–H and O–H groups in total. The minimum absolute atomic E-state index is 0.968. The number of hydrogen-bond donors (Lipinski definition) is 0. The van der Waals surface area contributed by atoms with Gasteiger partial charge in [-0.15, -0.1) is 0 Å². The zero-order valence-corrected chi connectivity index (χ0v) is 10.2. The van der Waals surface area contributed by atoms with E-state index < -0.39 is 8.07 Å². The predicted molar refractivity (Wildman–Crippen MR) is 60.3 cm³/mol. The van der Waals surface area contributed by atoms with Crippen LogP contribution < -0.4 is 0 Å². The van der Waals surface area contributed by atoms with Crippen LogP contribution in [0.4, 0.5) is 0 Å². The van der Waals surface area contributed by atoms with Gasteiger partial charge in [0.15, 0.2) is 0 Å². The zero-order chi connectivity index (χ0) is 9.61. The van der Waals surface area contributed by atoms with Crippen LogP contribution in [0.3, 0.4) is 0 Å². The lowest BCUT2D eigenvalue weighted by Gasteiger charge is -2.28. The van der Waals surface area contributed by atoms with E-state index in [4.69, 9.17) is 0 Å². The average molecular weight is 185 g/mol. The molecule has 0 aliphatic heterocycles. The third-order valence-electron chi connectivity index (χ3n) is 2.40. The van der Waals surface area contributed by atoms with Gasteiger partial charge in [0.25, 0.3) is 0 Å². The Bertz CT molecular complexity index is 143. The van der Waals surface area contributed by atoms with Crippen molar-refractivity contribution in [1.82, 2.24) is 4.90 Å². The minimum Gasteiger partial charge on any atom is -0.312 e. The number of allylic oxidation sites excluding steroid dienone is 2. The lowest BCUT2D eigenvalue weighted by atomic mass is 10.6. The van der Waals surface area contributed by atoms with Crippen LogP contribution in [0.5, 0.6) is 0 Å². The quantitative estimate of drug-likeness (QED) is 0.470. The van der Waals surface area contributed by atoms with E-state index in [9.17, 15) is 0 Å². The van der Waals surface area contributed by atoms with Gasteiger partial charge in [-0.3, -0.25) is 0 Å². The summed E-state index contributed by atoms with van der Waals surface area (Å²) in [7, 11) is 3.39. The first-order valence-electron chi connectivity index (χ1n) is 4.80. The van der Waals surface area contributed by atoms with Gasteiger partial charge in [-0.25, -0.2) is 0 Å². The highest BCUT2D eigenvalue weighted by Gasteiger charge is 2.23. The highest BCUT2D eigenvalue weighted by atomic mass is 28.3. The molecule has 0 rings (SSSR count). The summed E-state index contributed by atoms with van der Waals surface area (Å²) in [6, 6.07) is 2.72. The van der Waals surface area contributed by atoms with Crippen molar-refractivity contribution in [1.29, 1.82) is 0 Å². The van der Waals surface area contributed by atoms with Gasteiger partial charge in [-0.2, -0.15) is 0 Å². The Morgan fingerprint density at radius 2 is 1.92 bits per heavy atom. The van der Waals surface area contributed by atoms with Crippen molar-refractivity contribution < 1.29 is 0 Å². The molecule has 0 aliphatic rings. The summed E-state index contributed by atoms with van der Waals surface area (Å²) >= 11 is 0. The van der Waals surface area contributed by atoms with Crippen LogP contribution in [0, 0.1) is 0 Å². The molecule has 0 bridgehead atoms. The topological polar surface area (TPSA) is 3.24 Å². The molecule has 1 unspecified atom stereocenters. The fourth-order valence-electron chi connectivity index (χ4n) is 1.49. The molecule has 0 saturated heterocycles. The van der Waals surface area contributed by atoms with Crippen molar-refractivity contribution in [2.24, 2.45) is 0 Å². The van der Waals surface area contributed by atoms with Crippen LogP contribution >= 0.6 is 0 Å². The van der Waals surface area contributed by atoms with E-state index in [-0.39, 0.29) is 0 Å². The molecule has 12 heavy (non-hydrogen) atoms. The Balaban J connectivity index is 4.04. The van der Waals surface area contributed by atoms with E-state index >= 15 is 0 Å². The molecular formula is C10H23NSi. The lowest BCUT2D eigenvalue weighted by Crippen LogP contribution is -2.40. The molecule has 0 amide bonds. The first-order valence-corrected chi connectivity index (χ1v) is 7.92. The lowest BCUT2D eigenvalue weighted by molar-refractivity contribution is 0.469. The maximum atomic E-state index is 2.49. The van der Waals surface area contributed by atoms with Gasteiger partial charge in [-0.1, -0.05) is 31.7 Å². The zero-order valence-electron chi connectivity index (χ0n) is 9.22. The second-order valence-electron chi connectivity index (χ2n) is 4.18. The van der Waals surface area contributed by atoms with Gasteiger partial charge in [0.2, 0.25) is 0 Å². The smallest absolute Gasteiger partial charge is 0.0694 e. The molecule has 0 heterocycles. The maximum Gasteiger partial charge on any atom is 0.0694 e. The molecule has 72 valence electrons. The Morgan fingerprint density at radius 3 is 2.25 bits per heavy atom. The minimum atomic E-state index is -0.968. The summed E-state index contributed by atoms with van der Waals surface area (Å²) in [5.74, 6) is 0. The van der Waals surface area contributed by atoms with Crippen LogP contribution in [-0.4, -0.2) is 33.2 Å². The van der Waals surface area contributed by atoms with Crippen molar-refractivity contribution >= 4 is 8.07 Å². The molecular weight excluding hydrogens is 162 g/mol. The Kier molecular flexibility index (Phi) is 5.50. The highest BCUT2D eigenvalue weighted by Crippen LogP contribution is 2.16. The van der Waals surface area contributed by atoms with Gasteiger partial charge >= 0.3 is 0 Å². The van der Waals surface area contributed by atoms with Crippen LogP contribution in [0.15, 0.2) is 12.2 Å². The van der Waals surface area contributed by atoms with Crippen molar-refractivity contribution in [2.75, 3.05) is 20.3 Å². The van der Waals surface area contributed by atoms with Crippen molar-refractivity contribution in [3.05, 3.63) is 12.2 Å². The molecule has 0 radical (unpaired) electrons. The Labute approximate surface area is 78.5 Å². The first-order chi connectivity index (χ1) is 5.54. The van der Waals surface area contributed by atoms with Crippen LogP contribution in [0.2, 0.25) is 18.6 Å². The number of hydrogen-bond acceptors (Lipinski definition) is 1. The van der Waals surface area contributed by atoms with Crippen LogP contribution in [0.25, 0.3) is 0 Å². The van der Waals surface area contributed by atoms with Gasteiger partial charge in [0.05, 0.1) is 8.07 Å². The van der Waals surface area contributed by atoms with E-state index in [0.717, 1.165) is 0 Å². The van der Waals surface area contributed by atoms with Gasteiger partial charge in [0.1, 0.15) is 0 Å². The molecule has 0 fully saturated rings. The molecule has 1 nitrogen and oxygen atoms in total. The maximum absolute atomic E-state index is 2.49. The SMILES string of the molecule is C/C=C/C[Si](C)(CC)CN(C)C. The van der Waals surface area contributed by atoms with E-state index in [1.807, 2.05) is 0 Å². The predicted octanol–water partition coefficient (Wildman–Crippen LogP) is 2.76. The summed E-state index contributed by atoms with van der Waals surface area (Å²) in [5.41, 5.74) is 0. The number of nitrogens with zero attached hydrogens (tertiary/aromatic N) is 1. The monoisotopic (exact) mass is 185 g/mol. The fraction of sp³-hybridized carbons (Fsp3) is 0.800. The average Bonchev–Trinajstić information content (AvgIpc) is 2.00. The largest absolute Gasteiger partial charge is 0.312 e. The molecule has 0 aliphatic carbocycles. The third-order valence-corrected chi connectivity index (χ3v) is 6.72. The van der Waals surface area contributed by atoms with E-state index in [2.05, 4.69) is 51.5 Å². The van der Waals surface area contributed by atoms with Gasteiger partial charge < -0.3 is 4.90 Å². The normalized spacial score (nSPS) is 17.2. The second kappa shape index (κ2) is 5.54. The number of rotatable bonds is 5. The summed E-state index contributed by atoms with van der Waals surface area (Å²) in [6.07, 6.45) is 5.82. The first kappa shape index (κ1) is 11.9. The van der Waals surface area contributed by atoms with Crippen molar-refractivity contribution in [2.45, 2.75) is 32.5 Å². The van der Waals surface area contributed by atoms with Crippen LogP contribution in [-0.2, 0) is 0 Å². The van der Waals surface area contributed by atoms with Crippen molar-refractivity contribution in [3.8, 4) is 0 Å². The second-order valence-corrected chi connectivity index (χ2v) is 9.23. The summed E-state index contributed by atoms with van der Waals surface area (Å²) in [5, 5.41) is 0. The molecule has 0 spiro atoms. The van der Waals surface area contributed by atoms with Crippen LogP contribution in [0.1, 0.15) is 13.8 Å². The molecule has 0 aromatic heterocycles. The summed E-state index contributed by atoms with van der Waals surface area (Å²) in [4.78, 5) is 2.33. The molecule has 2 heteroatoms. The molecule has 1 atom stereocenters. The molecule has 0 aromatic carbocycles. The summed E-state index contributed by atoms with van der Waals surface area (Å²) < 4.78 is 0. The van der Waals surface area contributed by atoms with Crippen molar-refractivity contribution in [3.63, 3.8) is 0 Å². The van der Waals surface area contributed by atoms with Gasteiger partial charge in [-0.05, 0) is 33.2 Å². The molecule has 0 saturated carbocycles. The molecule has 0 aromatic rings. The Morgan fingerprint density at radius 1 is 1.33 bits per heavy atom. The van der Waals surface area contributed by atoms with E-state index in [1.165, 1.54) is 18.3 Å². The van der Waals surface area contributed by atoms with E-state index in [0.29, 0.717) is 0 Å². The summed E-state index contributed by atoms with van der Waals surface area (Å²) in [6.45, 7) is 6.94. The van der Waals surface area contributed by atoms with E-state index in [1.54, 1.807) is 0 Å². The highest BCUT2D eigenvalue weighted by molar-refractivity contribution is 6.79.